The van der Waals surface area contributed by atoms with Crippen LogP contribution in [0.4, 0.5) is 0 Å². The monoisotopic (exact) mass is 154 g/mol. The van der Waals surface area contributed by atoms with Gasteiger partial charge in [0.15, 0.2) is 0 Å². The number of hydrogen-bond acceptors (Lipinski definition) is 1. The van der Waals surface area contributed by atoms with Gasteiger partial charge >= 0.3 is 0 Å². The second-order valence-corrected chi connectivity index (χ2v) is 3.47. The normalized spacial score (nSPS) is 18.6. The Bertz CT molecular complexity index is 136. The minimum atomic E-state index is 0.373. The van der Waals surface area contributed by atoms with Gasteiger partial charge in [0.2, 0.25) is 0 Å². The largest absolute Gasteiger partial charge is 0.374 e. The molecule has 0 radical (unpaired) electrons. The lowest BCUT2D eigenvalue weighted by molar-refractivity contribution is 0.0949. The van der Waals surface area contributed by atoms with Crippen molar-refractivity contribution in [3.63, 3.8) is 0 Å². The molecule has 0 saturated carbocycles. The van der Waals surface area contributed by atoms with Crippen molar-refractivity contribution in [3.8, 4) is 0 Å². The van der Waals surface area contributed by atoms with E-state index in [1.807, 2.05) is 0 Å². The number of hydrogen-bond donors (Lipinski definition) is 0. The van der Waals surface area contributed by atoms with Crippen LogP contribution in [0, 0.1) is 0 Å². The molecule has 0 bridgehead atoms. The fourth-order valence-electron chi connectivity index (χ4n) is 1.31. The average Bonchev–Trinajstić information content (AvgIpc) is 2.03. The summed E-state index contributed by atoms with van der Waals surface area (Å²) in [5, 5.41) is 0. The second kappa shape index (κ2) is 4.55. The van der Waals surface area contributed by atoms with Crippen molar-refractivity contribution in [3.05, 3.63) is 11.6 Å². The summed E-state index contributed by atoms with van der Waals surface area (Å²) in [4.78, 5) is 0. The maximum Gasteiger partial charge on any atom is 0.0680 e. The van der Waals surface area contributed by atoms with E-state index in [2.05, 4.69) is 19.9 Å². The van der Waals surface area contributed by atoms with Gasteiger partial charge in [0, 0.05) is 0 Å². The molecule has 64 valence electrons. The van der Waals surface area contributed by atoms with Gasteiger partial charge in [0.25, 0.3) is 0 Å². The second-order valence-electron chi connectivity index (χ2n) is 3.47. The molecule has 0 unspecified atom stereocenters. The molecule has 1 heteroatoms. The summed E-state index contributed by atoms with van der Waals surface area (Å²) in [6.45, 7) is 5.03. The summed E-state index contributed by atoms with van der Waals surface area (Å²) in [6, 6.07) is 0. The minimum absolute atomic E-state index is 0.373. The average molecular weight is 154 g/mol. The lowest BCUT2D eigenvalue weighted by Gasteiger charge is -2.14. The number of rotatable bonds is 3. The van der Waals surface area contributed by atoms with Gasteiger partial charge in [-0.25, -0.2) is 0 Å². The van der Waals surface area contributed by atoms with Crippen molar-refractivity contribution < 1.29 is 4.74 Å². The Kier molecular flexibility index (Phi) is 3.64. The van der Waals surface area contributed by atoms with Crippen LogP contribution in [0.25, 0.3) is 0 Å². The van der Waals surface area contributed by atoms with Crippen LogP contribution in [0.2, 0.25) is 0 Å². The summed E-state index contributed by atoms with van der Waals surface area (Å²) >= 11 is 0. The summed E-state index contributed by atoms with van der Waals surface area (Å²) < 4.78 is 5.51. The lowest BCUT2D eigenvalue weighted by atomic mass is 10.0. The molecule has 1 rings (SSSR count). The predicted molar refractivity (Wildman–Crippen MR) is 47.6 cm³/mol. The van der Waals surface area contributed by atoms with E-state index < -0.39 is 0 Å². The first-order valence-electron chi connectivity index (χ1n) is 4.58. The summed E-state index contributed by atoms with van der Waals surface area (Å²) in [6.07, 6.45) is 7.95. The maximum atomic E-state index is 5.51. The van der Waals surface area contributed by atoms with E-state index in [1.165, 1.54) is 31.3 Å². The number of allylic oxidation sites excluding steroid dienone is 1. The standard InChI is InChI=1S/C10H18O/c1-9(2)11-8-10-6-4-3-5-7-10/h6,9H,3-5,7-8H2,1-2H3. The zero-order valence-electron chi connectivity index (χ0n) is 7.60. The number of ether oxygens (including phenoxy) is 1. The molecule has 0 aromatic heterocycles. The van der Waals surface area contributed by atoms with Gasteiger partial charge in [-0.1, -0.05) is 6.08 Å². The van der Waals surface area contributed by atoms with Gasteiger partial charge in [0.1, 0.15) is 0 Å². The fourth-order valence-corrected chi connectivity index (χ4v) is 1.31. The Morgan fingerprint density at radius 2 is 2.27 bits per heavy atom. The molecule has 0 amide bonds. The third kappa shape index (κ3) is 3.57. The van der Waals surface area contributed by atoms with Crippen LogP contribution >= 0.6 is 0 Å². The minimum Gasteiger partial charge on any atom is -0.374 e. The zero-order valence-corrected chi connectivity index (χ0v) is 7.60. The van der Waals surface area contributed by atoms with Crippen molar-refractivity contribution in [2.75, 3.05) is 6.61 Å². The molecule has 0 aliphatic heterocycles. The molecule has 0 heterocycles. The topological polar surface area (TPSA) is 9.23 Å². The van der Waals surface area contributed by atoms with Gasteiger partial charge < -0.3 is 4.74 Å². The first-order valence-corrected chi connectivity index (χ1v) is 4.58. The van der Waals surface area contributed by atoms with Crippen LogP contribution in [0.1, 0.15) is 39.5 Å². The smallest absolute Gasteiger partial charge is 0.0680 e. The Hall–Kier alpha value is -0.300. The van der Waals surface area contributed by atoms with Gasteiger partial charge in [-0.2, -0.15) is 0 Å². The van der Waals surface area contributed by atoms with Crippen LogP contribution in [-0.4, -0.2) is 12.7 Å². The molecule has 0 aromatic rings. The van der Waals surface area contributed by atoms with Crippen LogP contribution in [0.5, 0.6) is 0 Å². The molecule has 1 aliphatic carbocycles. The molecule has 1 aliphatic rings. The molecule has 0 spiro atoms. The van der Waals surface area contributed by atoms with Crippen LogP contribution in [0.3, 0.4) is 0 Å². The van der Waals surface area contributed by atoms with Crippen molar-refractivity contribution in [2.24, 2.45) is 0 Å². The summed E-state index contributed by atoms with van der Waals surface area (Å²) in [7, 11) is 0. The molecule has 0 saturated heterocycles. The molecule has 0 N–H and O–H groups in total. The van der Waals surface area contributed by atoms with E-state index in [0.717, 1.165) is 6.61 Å². The molecular formula is C10H18O. The first kappa shape index (κ1) is 8.79. The Morgan fingerprint density at radius 1 is 1.45 bits per heavy atom. The quantitative estimate of drug-likeness (QED) is 0.568. The van der Waals surface area contributed by atoms with E-state index in [9.17, 15) is 0 Å². The van der Waals surface area contributed by atoms with Crippen molar-refractivity contribution in [1.82, 2.24) is 0 Å². The molecule has 11 heavy (non-hydrogen) atoms. The lowest BCUT2D eigenvalue weighted by Crippen LogP contribution is -2.07. The highest BCUT2D eigenvalue weighted by Gasteiger charge is 2.03. The van der Waals surface area contributed by atoms with E-state index in [4.69, 9.17) is 4.74 Å². The van der Waals surface area contributed by atoms with Gasteiger partial charge in [-0.05, 0) is 45.1 Å². The van der Waals surface area contributed by atoms with Crippen LogP contribution < -0.4 is 0 Å². The first-order chi connectivity index (χ1) is 5.29. The molecule has 0 atom stereocenters. The molecular weight excluding hydrogens is 136 g/mol. The molecule has 0 aromatic carbocycles. The van der Waals surface area contributed by atoms with Gasteiger partial charge in [-0.15, -0.1) is 0 Å². The van der Waals surface area contributed by atoms with Gasteiger partial charge in [-0.3, -0.25) is 0 Å². The highest BCUT2D eigenvalue weighted by molar-refractivity contribution is 5.05. The van der Waals surface area contributed by atoms with Crippen LogP contribution in [0.15, 0.2) is 11.6 Å². The van der Waals surface area contributed by atoms with E-state index in [0.29, 0.717) is 6.10 Å². The highest BCUT2D eigenvalue weighted by atomic mass is 16.5. The molecule has 1 nitrogen and oxygen atoms in total. The SMILES string of the molecule is CC(C)OCC1=CCCCC1. The summed E-state index contributed by atoms with van der Waals surface area (Å²) in [5.41, 5.74) is 1.50. The highest BCUT2D eigenvalue weighted by Crippen LogP contribution is 2.17. The predicted octanol–water partition coefficient (Wildman–Crippen LogP) is 2.91. The van der Waals surface area contributed by atoms with Crippen molar-refractivity contribution >= 4 is 0 Å². The van der Waals surface area contributed by atoms with Crippen molar-refractivity contribution in [1.29, 1.82) is 0 Å². The summed E-state index contributed by atoms with van der Waals surface area (Å²) in [5.74, 6) is 0. The Balaban J connectivity index is 2.19. The molecule has 0 fully saturated rings. The Labute approximate surface area is 69.4 Å². The van der Waals surface area contributed by atoms with Crippen LogP contribution in [-0.2, 0) is 4.74 Å². The van der Waals surface area contributed by atoms with E-state index in [1.54, 1.807) is 0 Å². The maximum absolute atomic E-state index is 5.51. The van der Waals surface area contributed by atoms with Gasteiger partial charge in [0.05, 0.1) is 12.7 Å². The zero-order chi connectivity index (χ0) is 8.10. The third-order valence-corrected chi connectivity index (χ3v) is 1.99. The Morgan fingerprint density at radius 3 is 2.82 bits per heavy atom. The third-order valence-electron chi connectivity index (χ3n) is 1.99. The fraction of sp³-hybridized carbons (Fsp3) is 0.800. The van der Waals surface area contributed by atoms with Crippen molar-refractivity contribution in [2.45, 2.75) is 45.6 Å². The van der Waals surface area contributed by atoms with E-state index in [-0.39, 0.29) is 0 Å². The van der Waals surface area contributed by atoms with E-state index >= 15 is 0 Å².